The first-order valence-corrected chi connectivity index (χ1v) is 7.15. The van der Waals surface area contributed by atoms with E-state index in [1.165, 1.54) is 11.6 Å². The Kier molecular flexibility index (Phi) is 5.11. The molecule has 0 saturated heterocycles. The van der Waals surface area contributed by atoms with Gasteiger partial charge in [-0.2, -0.15) is 0 Å². The van der Waals surface area contributed by atoms with Gasteiger partial charge in [-0.05, 0) is 48.7 Å². The van der Waals surface area contributed by atoms with Gasteiger partial charge in [0.05, 0.1) is 0 Å². The maximum absolute atomic E-state index is 13.1. The highest BCUT2D eigenvalue weighted by atomic mass is 79.9. The maximum Gasteiger partial charge on any atom is 0.123 e. The van der Waals surface area contributed by atoms with Gasteiger partial charge in [-0.1, -0.05) is 40.2 Å². The van der Waals surface area contributed by atoms with E-state index in [9.17, 15) is 4.39 Å². The van der Waals surface area contributed by atoms with Crippen molar-refractivity contribution in [3.05, 3.63) is 69.9 Å². The van der Waals surface area contributed by atoms with Gasteiger partial charge in [-0.15, -0.1) is 0 Å². The zero-order chi connectivity index (χ0) is 13.7. The van der Waals surface area contributed by atoms with E-state index >= 15 is 0 Å². The quantitative estimate of drug-likeness (QED) is 0.865. The highest BCUT2D eigenvalue weighted by Crippen LogP contribution is 2.12. The van der Waals surface area contributed by atoms with Crippen molar-refractivity contribution in [1.29, 1.82) is 0 Å². The van der Waals surface area contributed by atoms with E-state index in [-0.39, 0.29) is 5.82 Å². The van der Waals surface area contributed by atoms with Gasteiger partial charge in [-0.25, -0.2) is 4.39 Å². The minimum atomic E-state index is -0.170. The van der Waals surface area contributed by atoms with Crippen LogP contribution < -0.4 is 5.32 Å². The molecule has 2 aromatic rings. The Morgan fingerprint density at radius 3 is 2.58 bits per heavy atom. The molecule has 1 N–H and O–H groups in total. The lowest BCUT2D eigenvalue weighted by molar-refractivity contribution is 0.543. The third-order valence-corrected chi connectivity index (χ3v) is 3.47. The number of benzene rings is 2. The fourth-order valence-electron chi connectivity index (χ4n) is 2.03. The molecule has 2 aromatic carbocycles. The molecule has 0 amide bonds. The number of nitrogens with one attached hydrogen (secondary N) is 1. The van der Waals surface area contributed by atoms with E-state index in [1.54, 1.807) is 12.1 Å². The first kappa shape index (κ1) is 14.2. The van der Waals surface area contributed by atoms with Gasteiger partial charge in [0, 0.05) is 17.1 Å². The van der Waals surface area contributed by atoms with Crippen molar-refractivity contribution in [2.24, 2.45) is 0 Å². The van der Waals surface area contributed by atoms with Crippen LogP contribution in [0.15, 0.2) is 53.0 Å². The molecule has 0 saturated carbocycles. The zero-order valence-corrected chi connectivity index (χ0v) is 12.5. The molecule has 1 unspecified atom stereocenters. The highest BCUT2D eigenvalue weighted by molar-refractivity contribution is 9.10. The van der Waals surface area contributed by atoms with E-state index in [0.717, 1.165) is 23.0 Å². The summed E-state index contributed by atoms with van der Waals surface area (Å²) in [5.74, 6) is -0.170. The first-order chi connectivity index (χ1) is 9.13. The van der Waals surface area contributed by atoms with E-state index in [0.29, 0.717) is 6.04 Å². The van der Waals surface area contributed by atoms with Gasteiger partial charge in [0.2, 0.25) is 0 Å². The van der Waals surface area contributed by atoms with Crippen molar-refractivity contribution < 1.29 is 4.39 Å². The molecule has 0 spiro atoms. The summed E-state index contributed by atoms with van der Waals surface area (Å²) in [6, 6.07) is 15.3. The van der Waals surface area contributed by atoms with E-state index in [4.69, 9.17) is 0 Å². The van der Waals surface area contributed by atoms with Crippen LogP contribution in [0, 0.1) is 5.82 Å². The standard InChI is InChI=1S/C16H17BrFN/c1-12(8-13-4-3-7-16(18)10-13)19-11-14-5-2-6-15(17)9-14/h2-7,9-10,12,19H,8,11H2,1H3. The summed E-state index contributed by atoms with van der Waals surface area (Å²) in [6.07, 6.45) is 0.825. The number of hydrogen-bond donors (Lipinski definition) is 1. The third kappa shape index (κ3) is 4.77. The van der Waals surface area contributed by atoms with Crippen molar-refractivity contribution >= 4 is 15.9 Å². The van der Waals surface area contributed by atoms with E-state index in [2.05, 4.69) is 40.3 Å². The zero-order valence-electron chi connectivity index (χ0n) is 10.9. The summed E-state index contributed by atoms with van der Waals surface area (Å²) in [5, 5.41) is 3.45. The summed E-state index contributed by atoms with van der Waals surface area (Å²) in [4.78, 5) is 0. The number of hydrogen-bond acceptors (Lipinski definition) is 1. The van der Waals surface area contributed by atoms with Gasteiger partial charge < -0.3 is 5.32 Å². The molecule has 2 rings (SSSR count). The van der Waals surface area contributed by atoms with Gasteiger partial charge in [-0.3, -0.25) is 0 Å². The van der Waals surface area contributed by atoms with Gasteiger partial charge in [0.15, 0.2) is 0 Å². The molecule has 0 radical (unpaired) electrons. The lowest BCUT2D eigenvalue weighted by atomic mass is 10.1. The van der Waals surface area contributed by atoms with E-state index in [1.807, 2.05) is 18.2 Å². The molecule has 1 nitrogen and oxygen atoms in total. The molecule has 0 aliphatic heterocycles. The molecule has 1 atom stereocenters. The Hall–Kier alpha value is -1.19. The van der Waals surface area contributed by atoms with Crippen molar-refractivity contribution in [1.82, 2.24) is 5.32 Å². The minimum absolute atomic E-state index is 0.170. The highest BCUT2D eigenvalue weighted by Gasteiger charge is 2.04. The Morgan fingerprint density at radius 1 is 1.11 bits per heavy atom. The van der Waals surface area contributed by atoms with Crippen LogP contribution in [0.1, 0.15) is 18.1 Å². The van der Waals surface area contributed by atoms with Gasteiger partial charge >= 0.3 is 0 Å². The molecular weight excluding hydrogens is 305 g/mol. The molecule has 3 heteroatoms. The SMILES string of the molecule is CC(Cc1cccc(F)c1)NCc1cccc(Br)c1. The first-order valence-electron chi connectivity index (χ1n) is 6.36. The Morgan fingerprint density at radius 2 is 1.84 bits per heavy atom. The molecule has 100 valence electrons. The number of rotatable bonds is 5. The Labute approximate surface area is 122 Å². The summed E-state index contributed by atoms with van der Waals surface area (Å²) in [7, 11) is 0. The fraction of sp³-hybridized carbons (Fsp3) is 0.250. The molecule has 0 aliphatic carbocycles. The van der Waals surface area contributed by atoms with Crippen LogP contribution in [0.2, 0.25) is 0 Å². The molecule has 0 bridgehead atoms. The summed E-state index contributed by atoms with van der Waals surface area (Å²) < 4.78 is 14.2. The van der Waals surface area contributed by atoms with E-state index < -0.39 is 0 Å². The Bertz CT molecular complexity index is 542. The van der Waals surface area contributed by atoms with Crippen LogP contribution in [-0.4, -0.2) is 6.04 Å². The van der Waals surface area contributed by atoms with Crippen LogP contribution in [-0.2, 0) is 13.0 Å². The summed E-state index contributed by atoms with van der Waals surface area (Å²) in [5.41, 5.74) is 2.26. The second-order valence-electron chi connectivity index (χ2n) is 4.75. The van der Waals surface area contributed by atoms with Crippen molar-refractivity contribution in [2.75, 3.05) is 0 Å². The number of halogens is 2. The second kappa shape index (κ2) is 6.83. The van der Waals surface area contributed by atoms with Crippen LogP contribution in [0.25, 0.3) is 0 Å². The van der Waals surface area contributed by atoms with Crippen molar-refractivity contribution in [3.8, 4) is 0 Å². The maximum atomic E-state index is 13.1. The fourth-order valence-corrected chi connectivity index (χ4v) is 2.48. The normalized spacial score (nSPS) is 12.4. The van der Waals surface area contributed by atoms with Crippen LogP contribution >= 0.6 is 15.9 Å². The summed E-state index contributed by atoms with van der Waals surface area (Å²) >= 11 is 3.46. The van der Waals surface area contributed by atoms with Crippen LogP contribution in [0.4, 0.5) is 4.39 Å². The molecule has 0 aliphatic rings. The topological polar surface area (TPSA) is 12.0 Å². The largest absolute Gasteiger partial charge is 0.310 e. The molecule has 19 heavy (non-hydrogen) atoms. The minimum Gasteiger partial charge on any atom is -0.310 e. The molecule has 0 heterocycles. The van der Waals surface area contributed by atoms with Crippen LogP contribution in [0.3, 0.4) is 0 Å². The Balaban J connectivity index is 1.86. The van der Waals surface area contributed by atoms with Gasteiger partial charge in [0.25, 0.3) is 0 Å². The van der Waals surface area contributed by atoms with Crippen LogP contribution in [0.5, 0.6) is 0 Å². The molecule has 0 fully saturated rings. The van der Waals surface area contributed by atoms with Crippen molar-refractivity contribution in [3.63, 3.8) is 0 Å². The lowest BCUT2D eigenvalue weighted by Gasteiger charge is -2.14. The average Bonchev–Trinajstić information content (AvgIpc) is 2.36. The predicted molar refractivity (Wildman–Crippen MR) is 80.5 cm³/mol. The second-order valence-corrected chi connectivity index (χ2v) is 5.66. The van der Waals surface area contributed by atoms with Crippen molar-refractivity contribution in [2.45, 2.75) is 25.9 Å². The molecular formula is C16H17BrFN. The monoisotopic (exact) mass is 321 g/mol. The molecule has 0 aromatic heterocycles. The van der Waals surface area contributed by atoms with Gasteiger partial charge in [0.1, 0.15) is 5.82 Å². The summed E-state index contributed by atoms with van der Waals surface area (Å²) in [6.45, 7) is 2.93. The lowest BCUT2D eigenvalue weighted by Crippen LogP contribution is -2.27. The third-order valence-electron chi connectivity index (χ3n) is 2.97. The smallest absolute Gasteiger partial charge is 0.123 e. The average molecular weight is 322 g/mol. The predicted octanol–water partition coefficient (Wildman–Crippen LogP) is 4.31.